The van der Waals surface area contributed by atoms with E-state index in [1.165, 1.54) is 0 Å². The lowest BCUT2D eigenvalue weighted by molar-refractivity contribution is -0.218. The lowest BCUT2D eigenvalue weighted by Crippen LogP contribution is -2.04. The summed E-state index contributed by atoms with van der Waals surface area (Å²) in [5, 5.41) is 0. The molecule has 0 spiro atoms. The van der Waals surface area contributed by atoms with Crippen molar-refractivity contribution in [2.75, 3.05) is 13.7 Å². The Bertz CT molecular complexity index is 238. The summed E-state index contributed by atoms with van der Waals surface area (Å²) in [5.74, 6) is -0.873. The van der Waals surface area contributed by atoms with Crippen LogP contribution in [0.5, 0.6) is 0 Å². The van der Waals surface area contributed by atoms with E-state index in [-0.39, 0.29) is 6.61 Å². The average Bonchev–Trinajstić information content (AvgIpc) is 2.23. The Kier molecular flexibility index (Phi) is 6.40. The highest BCUT2D eigenvalue weighted by atomic mass is 31.2. The van der Waals surface area contributed by atoms with E-state index in [1.54, 1.807) is 0 Å². The number of carbonyl (C=O) groups is 1. The molecule has 6 nitrogen and oxygen atoms in total. The molecule has 0 aromatic heterocycles. The van der Waals surface area contributed by atoms with Gasteiger partial charge in [-0.3, -0.25) is 13.9 Å². The van der Waals surface area contributed by atoms with Gasteiger partial charge >= 0.3 is 13.8 Å². The predicted octanol–water partition coefficient (Wildman–Crippen LogP) is 1.83. The summed E-state index contributed by atoms with van der Waals surface area (Å²) < 4.78 is 24.8. The molecule has 0 aliphatic rings. The standard InChI is InChI=1S/C7H13O6P/c1-4-6-11-14(9,10-3)13-12-7(8)5-2/h5H,2,4,6H2,1,3H3. The number of hydrogen-bond acceptors (Lipinski definition) is 6. The van der Waals surface area contributed by atoms with Gasteiger partial charge in [-0.2, -0.15) is 0 Å². The SMILES string of the molecule is C=CC(=O)OOP(=O)(OC)OCCC. The van der Waals surface area contributed by atoms with E-state index in [9.17, 15) is 9.36 Å². The number of phosphoric ester groups is 1. The van der Waals surface area contributed by atoms with Gasteiger partial charge in [0, 0.05) is 13.2 Å². The van der Waals surface area contributed by atoms with Gasteiger partial charge < -0.3 is 0 Å². The zero-order chi connectivity index (χ0) is 11.0. The summed E-state index contributed by atoms with van der Waals surface area (Å²) in [6.45, 7) is 5.12. The number of rotatable bonds is 7. The molecule has 0 fully saturated rings. The Balaban J connectivity index is 4.05. The van der Waals surface area contributed by atoms with Gasteiger partial charge in [-0.15, -0.1) is 0 Å². The first kappa shape index (κ1) is 13.3. The summed E-state index contributed by atoms with van der Waals surface area (Å²) in [7, 11) is -2.65. The maximum absolute atomic E-state index is 11.4. The predicted molar refractivity (Wildman–Crippen MR) is 48.2 cm³/mol. The van der Waals surface area contributed by atoms with Crippen molar-refractivity contribution in [1.29, 1.82) is 0 Å². The molecule has 7 heteroatoms. The third-order valence-corrected chi connectivity index (χ3v) is 2.26. The summed E-state index contributed by atoms with van der Waals surface area (Å²) in [5.41, 5.74) is 0. The van der Waals surface area contributed by atoms with Crippen molar-refractivity contribution >= 4 is 13.8 Å². The van der Waals surface area contributed by atoms with E-state index in [1.807, 2.05) is 6.92 Å². The van der Waals surface area contributed by atoms with Gasteiger partial charge in [0.15, 0.2) is 0 Å². The van der Waals surface area contributed by atoms with Crippen LogP contribution in [-0.4, -0.2) is 19.7 Å². The molecule has 0 saturated carbocycles. The largest absolute Gasteiger partial charge is 0.510 e. The summed E-state index contributed by atoms with van der Waals surface area (Å²) >= 11 is 0. The highest BCUT2D eigenvalue weighted by molar-refractivity contribution is 7.48. The van der Waals surface area contributed by atoms with Gasteiger partial charge in [0.1, 0.15) is 0 Å². The molecule has 0 bridgehead atoms. The summed E-state index contributed by atoms with van der Waals surface area (Å²) in [4.78, 5) is 14.6. The molecular weight excluding hydrogens is 211 g/mol. The van der Waals surface area contributed by atoms with Crippen molar-refractivity contribution in [1.82, 2.24) is 0 Å². The Morgan fingerprint density at radius 1 is 1.57 bits per heavy atom. The molecule has 0 rings (SSSR count). The van der Waals surface area contributed by atoms with Crippen LogP contribution >= 0.6 is 7.82 Å². The van der Waals surface area contributed by atoms with Crippen molar-refractivity contribution in [3.8, 4) is 0 Å². The number of hydrogen-bond donors (Lipinski definition) is 0. The van der Waals surface area contributed by atoms with E-state index in [2.05, 4.69) is 20.7 Å². The minimum absolute atomic E-state index is 0.177. The molecule has 0 radical (unpaired) electrons. The molecular formula is C7H13O6P. The van der Waals surface area contributed by atoms with Crippen LogP contribution in [0.15, 0.2) is 12.7 Å². The molecule has 1 unspecified atom stereocenters. The minimum atomic E-state index is -3.77. The van der Waals surface area contributed by atoms with E-state index in [0.29, 0.717) is 6.42 Å². The van der Waals surface area contributed by atoms with Crippen LogP contribution in [0.25, 0.3) is 0 Å². The van der Waals surface area contributed by atoms with E-state index in [0.717, 1.165) is 13.2 Å². The van der Waals surface area contributed by atoms with Crippen molar-refractivity contribution in [3.05, 3.63) is 12.7 Å². The Morgan fingerprint density at radius 2 is 2.21 bits per heavy atom. The topological polar surface area (TPSA) is 71.1 Å². The molecule has 0 aromatic rings. The molecule has 0 aromatic carbocycles. The van der Waals surface area contributed by atoms with Gasteiger partial charge in [0.25, 0.3) is 0 Å². The second-order valence-electron chi connectivity index (χ2n) is 2.14. The van der Waals surface area contributed by atoms with Crippen LogP contribution in [0.4, 0.5) is 0 Å². The monoisotopic (exact) mass is 224 g/mol. The zero-order valence-corrected chi connectivity index (χ0v) is 8.99. The lowest BCUT2D eigenvalue weighted by Gasteiger charge is -2.12. The quantitative estimate of drug-likeness (QED) is 0.284. The summed E-state index contributed by atoms with van der Waals surface area (Å²) in [6.07, 6.45) is 1.49. The molecule has 0 aliphatic carbocycles. The normalized spacial score (nSPS) is 14.4. The number of phosphoric acid groups is 1. The average molecular weight is 224 g/mol. The molecule has 14 heavy (non-hydrogen) atoms. The fourth-order valence-electron chi connectivity index (χ4n) is 0.424. The molecule has 0 amide bonds. The van der Waals surface area contributed by atoms with Gasteiger partial charge in [0.05, 0.1) is 6.61 Å². The fourth-order valence-corrected chi connectivity index (χ4v) is 1.20. The van der Waals surface area contributed by atoms with E-state index >= 15 is 0 Å². The van der Waals surface area contributed by atoms with Crippen LogP contribution in [0, 0.1) is 0 Å². The van der Waals surface area contributed by atoms with Crippen molar-refractivity contribution in [2.24, 2.45) is 0 Å². The fraction of sp³-hybridized carbons (Fsp3) is 0.571. The van der Waals surface area contributed by atoms with Gasteiger partial charge in [-0.25, -0.2) is 9.36 Å². The third-order valence-electron chi connectivity index (χ3n) is 1.05. The first-order valence-corrected chi connectivity index (χ1v) is 5.37. The maximum Gasteiger partial charge on any atom is 0.510 e. The van der Waals surface area contributed by atoms with Crippen LogP contribution in [-0.2, 0) is 28.0 Å². The van der Waals surface area contributed by atoms with Crippen LogP contribution in [0.1, 0.15) is 13.3 Å². The van der Waals surface area contributed by atoms with Crippen molar-refractivity contribution in [2.45, 2.75) is 13.3 Å². The van der Waals surface area contributed by atoms with Crippen LogP contribution in [0.3, 0.4) is 0 Å². The van der Waals surface area contributed by atoms with Crippen molar-refractivity contribution < 1.29 is 28.0 Å². The minimum Gasteiger partial charge on any atom is -0.288 e. The highest BCUT2D eigenvalue weighted by Gasteiger charge is 2.27. The van der Waals surface area contributed by atoms with Gasteiger partial charge in [-0.05, 0) is 6.42 Å². The molecule has 0 heterocycles. The third kappa shape index (κ3) is 5.14. The molecule has 82 valence electrons. The second kappa shape index (κ2) is 6.73. The van der Waals surface area contributed by atoms with Gasteiger partial charge in [-0.1, -0.05) is 18.2 Å². The van der Waals surface area contributed by atoms with Crippen LogP contribution < -0.4 is 0 Å². The number of carbonyl (C=O) groups excluding carboxylic acids is 1. The van der Waals surface area contributed by atoms with Gasteiger partial charge in [0.2, 0.25) is 0 Å². The Morgan fingerprint density at radius 3 is 2.64 bits per heavy atom. The Labute approximate surface area is 82.3 Å². The van der Waals surface area contributed by atoms with E-state index < -0.39 is 13.8 Å². The second-order valence-corrected chi connectivity index (χ2v) is 3.81. The maximum atomic E-state index is 11.4. The zero-order valence-electron chi connectivity index (χ0n) is 8.10. The van der Waals surface area contributed by atoms with Crippen LogP contribution in [0.2, 0.25) is 0 Å². The van der Waals surface area contributed by atoms with Crippen molar-refractivity contribution in [3.63, 3.8) is 0 Å². The lowest BCUT2D eigenvalue weighted by atomic mass is 10.5. The summed E-state index contributed by atoms with van der Waals surface area (Å²) in [6, 6.07) is 0. The smallest absolute Gasteiger partial charge is 0.288 e. The molecule has 0 aliphatic heterocycles. The molecule has 1 atom stereocenters. The molecule has 0 saturated heterocycles. The first-order valence-electron chi connectivity index (χ1n) is 3.91. The highest BCUT2D eigenvalue weighted by Crippen LogP contribution is 2.48. The Hall–Kier alpha value is -0.680. The van der Waals surface area contributed by atoms with E-state index in [4.69, 9.17) is 4.52 Å². The molecule has 0 N–H and O–H groups in total. The first-order chi connectivity index (χ1) is 6.58.